The van der Waals surface area contributed by atoms with E-state index in [1.807, 2.05) is 6.92 Å². The summed E-state index contributed by atoms with van der Waals surface area (Å²) in [6, 6.07) is 1.29. The molecule has 1 aromatic rings. The summed E-state index contributed by atoms with van der Waals surface area (Å²) in [7, 11) is 1.53. The Balaban J connectivity index is 1.84. The Hall–Kier alpha value is -1.93. The van der Waals surface area contributed by atoms with Gasteiger partial charge in [-0.1, -0.05) is 0 Å². The number of rotatable bonds is 7. The van der Waals surface area contributed by atoms with Gasteiger partial charge >= 0.3 is 11.7 Å². The van der Waals surface area contributed by atoms with Crippen molar-refractivity contribution in [2.45, 2.75) is 44.4 Å². The number of methoxy groups -OCH3 is 1. The molecule has 1 aliphatic rings. The molecule has 0 bridgehead atoms. The zero-order valence-electron chi connectivity index (χ0n) is 13.5. The number of carbonyl (C=O) groups is 1. The lowest BCUT2D eigenvalue weighted by Gasteiger charge is -2.23. The number of ether oxygens (including phenoxy) is 2. The fourth-order valence-electron chi connectivity index (χ4n) is 2.57. The Labute approximate surface area is 133 Å². The van der Waals surface area contributed by atoms with Crippen LogP contribution in [0.15, 0.2) is 21.9 Å². The normalized spacial score (nSPS) is 22.0. The van der Waals surface area contributed by atoms with Crippen LogP contribution in [0.2, 0.25) is 0 Å². The monoisotopic (exact) mass is 325 g/mol. The third-order valence-electron chi connectivity index (χ3n) is 4.14. The van der Waals surface area contributed by atoms with Crippen molar-refractivity contribution < 1.29 is 14.3 Å². The van der Waals surface area contributed by atoms with Crippen LogP contribution < -0.4 is 16.6 Å². The molecule has 0 spiro atoms. The Morgan fingerprint density at radius 3 is 2.87 bits per heavy atom. The molecule has 1 aliphatic heterocycles. The summed E-state index contributed by atoms with van der Waals surface area (Å²) in [4.78, 5) is 36.9. The van der Waals surface area contributed by atoms with E-state index >= 15 is 0 Å². The van der Waals surface area contributed by atoms with E-state index in [1.54, 1.807) is 0 Å². The summed E-state index contributed by atoms with van der Waals surface area (Å²) in [5.41, 5.74) is -1.51. The minimum absolute atomic E-state index is 0.130. The number of hydrogen-bond donors (Lipinski definition) is 2. The van der Waals surface area contributed by atoms with Gasteiger partial charge < -0.3 is 19.4 Å². The third kappa shape index (κ3) is 4.52. The van der Waals surface area contributed by atoms with E-state index < -0.39 is 16.8 Å². The average molecular weight is 325 g/mol. The van der Waals surface area contributed by atoms with E-state index in [1.165, 1.54) is 23.9 Å². The molecule has 2 atom stereocenters. The maximum Gasteiger partial charge on any atom is 0.328 e. The Morgan fingerprint density at radius 2 is 2.26 bits per heavy atom. The molecule has 23 heavy (non-hydrogen) atoms. The molecule has 1 saturated heterocycles. The molecule has 0 saturated carbocycles. The van der Waals surface area contributed by atoms with E-state index in [2.05, 4.69) is 10.3 Å². The number of aryl methyl sites for hydroxylation is 1. The van der Waals surface area contributed by atoms with Crippen LogP contribution in [0.1, 0.15) is 26.2 Å². The average Bonchev–Trinajstić information content (AvgIpc) is 2.97. The summed E-state index contributed by atoms with van der Waals surface area (Å²) in [6.45, 7) is 3.14. The lowest BCUT2D eigenvalue weighted by Crippen LogP contribution is -2.46. The quantitative estimate of drug-likeness (QED) is 0.663. The van der Waals surface area contributed by atoms with Crippen molar-refractivity contribution >= 4 is 5.97 Å². The maximum atomic E-state index is 12.1. The van der Waals surface area contributed by atoms with Gasteiger partial charge in [-0.15, -0.1) is 0 Å². The fraction of sp³-hybridized carbons (Fsp3) is 0.667. The molecule has 2 N–H and O–H groups in total. The molecule has 2 heterocycles. The molecule has 0 aliphatic carbocycles. The van der Waals surface area contributed by atoms with Crippen LogP contribution >= 0.6 is 0 Å². The van der Waals surface area contributed by atoms with Gasteiger partial charge in [-0.05, 0) is 32.7 Å². The second-order valence-electron chi connectivity index (χ2n) is 5.91. The van der Waals surface area contributed by atoms with Gasteiger partial charge in [0.25, 0.3) is 5.56 Å². The summed E-state index contributed by atoms with van der Waals surface area (Å²) in [6.07, 6.45) is 3.32. The number of aromatic nitrogens is 2. The van der Waals surface area contributed by atoms with Crippen LogP contribution in [0.4, 0.5) is 0 Å². The van der Waals surface area contributed by atoms with Gasteiger partial charge in [-0.2, -0.15) is 0 Å². The third-order valence-corrected chi connectivity index (χ3v) is 4.14. The molecule has 8 nitrogen and oxygen atoms in total. The van der Waals surface area contributed by atoms with Gasteiger partial charge in [-0.3, -0.25) is 14.6 Å². The summed E-state index contributed by atoms with van der Waals surface area (Å²) < 4.78 is 12.0. The highest BCUT2D eigenvalue weighted by atomic mass is 16.6. The van der Waals surface area contributed by atoms with Gasteiger partial charge in [-0.25, -0.2) is 4.79 Å². The number of H-pyrrole nitrogens is 1. The first kappa shape index (κ1) is 17.4. The topological polar surface area (TPSA) is 102 Å². The van der Waals surface area contributed by atoms with Crippen molar-refractivity contribution in [2.24, 2.45) is 0 Å². The molecule has 1 fully saturated rings. The standard InChI is InChI=1S/C15H23N3O5/c1-15(6-3-7-16-15)13(20)23-10-11(22-2)4-8-18-9-5-12(19)17-14(18)21/h5,9,11,16H,3-4,6-8,10H2,1-2H3,(H,17,19,21). The Kier molecular flexibility index (Phi) is 5.73. The van der Waals surface area contributed by atoms with Crippen molar-refractivity contribution in [1.29, 1.82) is 0 Å². The van der Waals surface area contributed by atoms with Crippen LogP contribution in [0.25, 0.3) is 0 Å². The van der Waals surface area contributed by atoms with Gasteiger partial charge in [0.05, 0.1) is 6.10 Å². The highest BCUT2D eigenvalue weighted by Gasteiger charge is 2.37. The Bertz CT molecular complexity index is 645. The molecule has 0 aromatic carbocycles. The minimum Gasteiger partial charge on any atom is -0.462 e. The van der Waals surface area contributed by atoms with Crippen molar-refractivity contribution in [3.05, 3.63) is 33.1 Å². The predicted molar refractivity (Wildman–Crippen MR) is 83.3 cm³/mol. The second-order valence-corrected chi connectivity index (χ2v) is 5.91. The number of esters is 1. The van der Waals surface area contributed by atoms with Crippen LogP contribution in [0.3, 0.4) is 0 Å². The van der Waals surface area contributed by atoms with Crippen LogP contribution in [-0.2, 0) is 20.8 Å². The van der Waals surface area contributed by atoms with E-state index in [0.717, 1.165) is 19.4 Å². The van der Waals surface area contributed by atoms with Crippen molar-refractivity contribution in [3.8, 4) is 0 Å². The molecule has 1 aromatic heterocycles. The fourth-order valence-corrected chi connectivity index (χ4v) is 2.57. The molecule has 0 amide bonds. The molecule has 2 rings (SSSR count). The second kappa shape index (κ2) is 7.56. The number of nitrogens with one attached hydrogen (secondary N) is 2. The first-order chi connectivity index (χ1) is 10.9. The van der Waals surface area contributed by atoms with Crippen LogP contribution in [-0.4, -0.2) is 47.4 Å². The van der Waals surface area contributed by atoms with E-state index in [0.29, 0.717) is 13.0 Å². The number of hydrogen-bond acceptors (Lipinski definition) is 6. The number of aromatic amines is 1. The SMILES string of the molecule is COC(CCn1ccc(=O)[nH]c1=O)COC(=O)C1(C)CCCN1. The van der Waals surface area contributed by atoms with E-state index in [-0.39, 0.29) is 18.7 Å². The highest BCUT2D eigenvalue weighted by molar-refractivity contribution is 5.80. The number of nitrogens with zero attached hydrogens (tertiary/aromatic N) is 1. The van der Waals surface area contributed by atoms with Crippen LogP contribution in [0.5, 0.6) is 0 Å². The zero-order valence-corrected chi connectivity index (χ0v) is 13.5. The van der Waals surface area contributed by atoms with E-state index in [9.17, 15) is 14.4 Å². The Morgan fingerprint density at radius 1 is 1.48 bits per heavy atom. The predicted octanol–water partition coefficient (Wildman–Crippen LogP) is -0.373. The molecule has 8 heteroatoms. The van der Waals surface area contributed by atoms with Gasteiger partial charge in [0.2, 0.25) is 0 Å². The number of carbonyl (C=O) groups excluding carboxylic acids is 1. The van der Waals surface area contributed by atoms with Gasteiger partial charge in [0.15, 0.2) is 0 Å². The lowest BCUT2D eigenvalue weighted by molar-refractivity contribution is -0.154. The molecule has 0 radical (unpaired) electrons. The molecule has 128 valence electrons. The first-order valence-corrected chi connectivity index (χ1v) is 7.69. The summed E-state index contributed by atoms with van der Waals surface area (Å²) in [5, 5.41) is 3.15. The zero-order chi connectivity index (χ0) is 16.9. The minimum atomic E-state index is -0.617. The summed E-state index contributed by atoms with van der Waals surface area (Å²) in [5.74, 6) is -0.279. The van der Waals surface area contributed by atoms with Crippen molar-refractivity contribution in [2.75, 3.05) is 20.3 Å². The lowest BCUT2D eigenvalue weighted by atomic mass is 10.0. The van der Waals surface area contributed by atoms with Crippen molar-refractivity contribution in [3.63, 3.8) is 0 Å². The molecular formula is C15H23N3O5. The summed E-state index contributed by atoms with van der Waals surface area (Å²) >= 11 is 0. The highest BCUT2D eigenvalue weighted by Crippen LogP contribution is 2.20. The van der Waals surface area contributed by atoms with Gasteiger partial charge in [0.1, 0.15) is 12.1 Å². The van der Waals surface area contributed by atoms with E-state index in [4.69, 9.17) is 9.47 Å². The van der Waals surface area contributed by atoms with Gasteiger partial charge in [0, 0.05) is 25.9 Å². The smallest absolute Gasteiger partial charge is 0.328 e. The first-order valence-electron chi connectivity index (χ1n) is 7.69. The van der Waals surface area contributed by atoms with Crippen LogP contribution in [0, 0.1) is 0 Å². The molecular weight excluding hydrogens is 302 g/mol. The van der Waals surface area contributed by atoms with Crippen molar-refractivity contribution in [1.82, 2.24) is 14.9 Å². The molecule has 2 unspecified atom stereocenters. The largest absolute Gasteiger partial charge is 0.462 e. The maximum absolute atomic E-state index is 12.1.